The van der Waals surface area contributed by atoms with Crippen LogP contribution in [0.15, 0.2) is 72.3 Å². The third kappa shape index (κ3) is 6.55. The normalized spacial score (nSPS) is 10.8. The maximum absolute atomic E-state index is 12.6. The van der Waals surface area contributed by atoms with Gasteiger partial charge in [-0.1, -0.05) is 48.0 Å². The SMILES string of the molecule is Cc1ccc(NC(=O)/C(C#N)=C\c2ccccc2OCC(=O)Nc2cc(C)ccc2C)cc1. The van der Waals surface area contributed by atoms with Gasteiger partial charge in [0.1, 0.15) is 17.4 Å². The van der Waals surface area contributed by atoms with Crippen molar-refractivity contribution in [2.75, 3.05) is 17.2 Å². The summed E-state index contributed by atoms with van der Waals surface area (Å²) in [5.74, 6) is -0.437. The van der Waals surface area contributed by atoms with E-state index < -0.39 is 5.91 Å². The summed E-state index contributed by atoms with van der Waals surface area (Å²) >= 11 is 0. The number of amides is 2. The minimum Gasteiger partial charge on any atom is -0.483 e. The third-order valence-electron chi connectivity index (χ3n) is 4.92. The molecular formula is C27H25N3O3. The largest absolute Gasteiger partial charge is 0.483 e. The quantitative estimate of drug-likeness (QED) is 0.392. The summed E-state index contributed by atoms with van der Waals surface area (Å²) in [5, 5.41) is 15.1. The molecule has 33 heavy (non-hydrogen) atoms. The molecule has 0 aliphatic carbocycles. The summed E-state index contributed by atoms with van der Waals surface area (Å²) in [6.45, 7) is 5.61. The van der Waals surface area contributed by atoms with E-state index in [1.807, 2.05) is 57.2 Å². The molecule has 0 atom stereocenters. The lowest BCUT2D eigenvalue weighted by Crippen LogP contribution is -2.21. The number of hydrogen-bond donors (Lipinski definition) is 2. The number of aryl methyl sites for hydroxylation is 3. The number of nitriles is 1. The zero-order valence-electron chi connectivity index (χ0n) is 18.8. The van der Waals surface area contributed by atoms with Crippen molar-refractivity contribution in [3.8, 4) is 11.8 Å². The summed E-state index contributed by atoms with van der Waals surface area (Å²) in [4.78, 5) is 25.0. The molecule has 0 aromatic heterocycles. The minimum absolute atomic E-state index is 0.0773. The first kappa shape index (κ1) is 23.3. The average Bonchev–Trinajstić information content (AvgIpc) is 2.80. The van der Waals surface area contributed by atoms with Crippen LogP contribution in [0.2, 0.25) is 0 Å². The van der Waals surface area contributed by atoms with E-state index in [2.05, 4.69) is 10.6 Å². The van der Waals surface area contributed by atoms with Gasteiger partial charge in [-0.2, -0.15) is 5.26 Å². The molecule has 0 heterocycles. The van der Waals surface area contributed by atoms with Crippen LogP contribution >= 0.6 is 0 Å². The summed E-state index contributed by atoms with van der Waals surface area (Å²) in [6.07, 6.45) is 1.45. The van der Waals surface area contributed by atoms with Crippen LogP contribution in [0.4, 0.5) is 11.4 Å². The maximum atomic E-state index is 12.6. The number of nitrogens with zero attached hydrogens (tertiary/aromatic N) is 1. The van der Waals surface area contributed by atoms with Crippen molar-refractivity contribution in [1.29, 1.82) is 5.26 Å². The van der Waals surface area contributed by atoms with Crippen molar-refractivity contribution in [2.24, 2.45) is 0 Å². The zero-order chi connectivity index (χ0) is 23.8. The van der Waals surface area contributed by atoms with Gasteiger partial charge >= 0.3 is 0 Å². The number of para-hydroxylation sites is 1. The van der Waals surface area contributed by atoms with Crippen LogP contribution in [0.25, 0.3) is 6.08 Å². The molecule has 0 unspecified atom stereocenters. The van der Waals surface area contributed by atoms with Crippen LogP contribution in [-0.4, -0.2) is 18.4 Å². The van der Waals surface area contributed by atoms with E-state index in [4.69, 9.17) is 4.74 Å². The van der Waals surface area contributed by atoms with Crippen molar-refractivity contribution in [3.05, 3.63) is 94.6 Å². The van der Waals surface area contributed by atoms with Gasteiger partial charge in [0.15, 0.2) is 6.61 Å². The van der Waals surface area contributed by atoms with E-state index in [0.717, 1.165) is 22.4 Å². The average molecular weight is 440 g/mol. The van der Waals surface area contributed by atoms with Gasteiger partial charge in [-0.25, -0.2) is 0 Å². The number of benzene rings is 3. The highest BCUT2D eigenvalue weighted by Crippen LogP contribution is 2.22. The topological polar surface area (TPSA) is 91.2 Å². The number of ether oxygens (including phenoxy) is 1. The fraction of sp³-hybridized carbons (Fsp3) is 0.148. The molecule has 3 aromatic rings. The molecule has 6 nitrogen and oxygen atoms in total. The van der Waals surface area contributed by atoms with E-state index in [1.165, 1.54) is 6.08 Å². The van der Waals surface area contributed by atoms with Crippen LogP contribution in [0.1, 0.15) is 22.3 Å². The Hall–Kier alpha value is -4.37. The molecule has 0 saturated carbocycles. The first-order valence-electron chi connectivity index (χ1n) is 10.4. The highest BCUT2D eigenvalue weighted by molar-refractivity contribution is 6.09. The lowest BCUT2D eigenvalue weighted by Gasteiger charge is -2.12. The first-order chi connectivity index (χ1) is 15.9. The summed E-state index contributed by atoms with van der Waals surface area (Å²) in [6, 6.07) is 22.0. The van der Waals surface area contributed by atoms with Crippen molar-refractivity contribution in [1.82, 2.24) is 0 Å². The second-order valence-electron chi connectivity index (χ2n) is 7.68. The second kappa shape index (κ2) is 10.8. The standard InChI is InChI=1S/C27H25N3O3/c1-18-9-12-23(13-10-18)29-27(32)22(16-28)15-21-6-4-5-7-25(21)33-17-26(31)30-24-14-19(2)8-11-20(24)3/h4-15H,17H2,1-3H3,(H,29,32)(H,30,31)/b22-15-. The van der Waals surface area contributed by atoms with Gasteiger partial charge in [-0.15, -0.1) is 0 Å². The maximum Gasteiger partial charge on any atom is 0.266 e. The van der Waals surface area contributed by atoms with E-state index >= 15 is 0 Å². The van der Waals surface area contributed by atoms with Crippen LogP contribution < -0.4 is 15.4 Å². The van der Waals surface area contributed by atoms with Crippen LogP contribution in [0.3, 0.4) is 0 Å². The summed E-state index contributed by atoms with van der Waals surface area (Å²) in [7, 11) is 0. The predicted octanol–water partition coefficient (Wildman–Crippen LogP) is 5.18. The van der Waals surface area contributed by atoms with E-state index in [-0.39, 0.29) is 18.1 Å². The molecular weight excluding hydrogens is 414 g/mol. The Kier molecular flexibility index (Phi) is 7.61. The Morgan fingerprint density at radius 3 is 2.36 bits per heavy atom. The number of carbonyl (C=O) groups excluding carboxylic acids is 2. The van der Waals surface area contributed by atoms with Gasteiger partial charge in [-0.05, 0) is 62.2 Å². The molecule has 0 spiro atoms. The van der Waals surface area contributed by atoms with E-state index in [9.17, 15) is 14.9 Å². The van der Waals surface area contributed by atoms with Gasteiger partial charge in [0.05, 0.1) is 0 Å². The Bertz CT molecular complexity index is 1240. The molecule has 6 heteroatoms. The van der Waals surface area contributed by atoms with Crippen molar-refractivity contribution >= 4 is 29.3 Å². The molecule has 0 fully saturated rings. The lowest BCUT2D eigenvalue weighted by atomic mass is 10.1. The first-order valence-corrected chi connectivity index (χ1v) is 10.4. The fourth-order valence-corrected chi connectivity index (χ4v) is 3.07. The molecule has 3 aromatic carbocycles. The van der Waals surface area contributed by atoms with Gasteiger partial charge < -0.3 is 15.4 Å². The van der Waals surface area contributed by atoms with Crippen LogP contribution in [-0.2, 0) is 9.59 Å². The number of nitrogens with one attached hydrogen (secondary N) is 2. The van der Waals surface area contributed by atoms with Crippen molar-refractivity contribution < 1.29 is 14.3 Å². The molecule has 166 valence electrons. The number of rotatable bonds is 7. The second-order valence-corrected chi connectivity index (χ2v) is 7.68. The Balaban J connectivity index is 1.70. The van der Waals surface area contributed by atoms with Gasteiger partial charge in [-0.3, -0.25) is 9.59 Å². The molecule has 2 amide bonds. The van der Waals surface area contributed by atoms with E-state index in [0.29, 0.717) is 17.0 Å². The smallest absolute Gasteiger partial charge is 0.266 e. The molecule has 0 aliphatic heterocycles. The predicted molar refractivity (Wildman–Crippen MR) is 130 cm³/mol. The molecule has 3 rings (SSSR count). The third-order valence-corrected chi connectivity index (χ3v) is 4.92. The summed E-state index contributed by atoms with van der Waals surface area (Å²) < 4.78 is 5.70. The van der Waals surface area contributed by atoms with Gasteiger partial charge in [0, 0.05) is 16.9 Å². The van der Waals surface area contributed by atoms with Crippen LogP contribution in [0.5, 0.6) is 5.75 Å². The van der Waals surface area contributed by atoms with Crippen molar-refractivity contribution in [2.45, 2.75) is 20.8 Å². The monoisotopic (exact) mass is 439 g/mol. The molecule has 0 saturated heterocycles. The Morgan fingerprint density at radius 1 is 0.939 bits per heavy atom. The van der Waals surface area contributed by atoms with Gasteiger partial charge in [0.25, 0.3) is 11.8 Å². The van der Waals surface area contributed by atoms with Crippen molar-refractivity contribution in [3.63, 3.8) is 0 Å². The Morgan fingerprint density at radius 2 is 1.64 bits per heavy atom. The Labute approximate surface area is 193 Å². The number of carbonyl (C=O) groups is 2. The minimum atomic E-state index is -0.524. The number of anilines is 2. The van der Waals surface area contributed by atoms with E-state index in [1.54, 1.807) is 36.4 Å². The highest BCUT2D eigenvalue weighted by atomic mass is 16.5. The lowest BCUT2D eigenvalue weighted by molar-refractivity contribution is -0.118. The molecule has 2 N–H and O–H groups in total. The summed E-state index contributed by atoms with van der Waals surface area (Å²) in [5.41, 5.74) is 4.84. The molecule has 0 radical (unpaired) electrons. The van der Waals surface area contributed by atoms with Gasteiger partial charge in [0.2, 0.25) is 0 Å². The molecule has 0 aliphatic rings. The number of hydrogen-bond acceptors (Lipinski definition) is 4. The highest BCUT2D eigenvalue weighted by Gasteiger charge is 2.12. The van der Waals surface area contributed by atoms with Crippen LogP contribution in [0, 0.1) is 32.1 Å². The fourth-order valence-electron chi connectivity index (χ4n) is 3.07. The zero-order valence-corrected chi connectivity index (χ0v) is 18.8. The molecule has 0 bridgehead atoms.